The highest BCUT2D eigenvalue weighted by molar-refractivity contribution is 7.81. The number of carboxylic acids is 1. The second kappa shape index (κ2) is 7.28. The van der Waals surface area contributed by atoms with Crippen LogP contribution in [0.25, 0.3) is 0 Å². The van der Waals surface area contributed by atoms with Crippen LogP contribution in [0.3, 0.4) is 0 Å². The number of alkyl halides is 1. The number of phosphoric ester groups is 1. The topological polar surface area (TPSA) is 194 Å². The van der Waals surface area contributed by atoms with Crippen molar-refractivity contribution in [1.29, 1.82) is 0 Å². The van der Waals surface area contributed by atoms with Crippen LogP contribution in [0, 0.1) is 0 Å². The smallest absolute Gasteiger partial charge is 0.470 e. The van der Waals surface area contributed by atoms with Crippen molar-refractivity contribution in [2.45, 2.75) is 11.7 Å². The molecule has 2 atom stereocenters. The zero-order valence-corrected chi connectivity index (χ0v) is 11.6. The minimum Gasteiger partial charge on any atom is -0.473 e. The molecule has 0 aliphatic rings. The summed E-state index contributed by atoms with van der Waals surface area (Å²) in [6.45, 7) is -1.17. The van der Waals surface area contributed by atoms with E-state index in [1.807, 2.05) is 0 Å². The Morgan fingerprint density at radius 1 is 1.30 bits per heavy atom. The lowest BCUT2D eigenvalue weighted by atomic mass is 10.4. The molecule has 0 amide bonds. The number of hydrogen-bond acceptors (Lipinski definition) is 8. The Labute approximate surface area is 116 Å². The molecule has 0 bridgehead atoms. The van der Waals surface area contributed by atoms with Gasteiger partial charge in [0.05, 0.1) is 0 Å². The number of carbonyl (C=O) groups is 2. The maximum atomic E-state index is 10.6. The quantitative estimate of drug-likeness (QED) is 0.135. The summed E-state index contributed by atoms with van der Waals surface area (Å²) in [5, 5.41) is 8.18. The summed E-state index contributed by atoms with van der Waals surface area (Å²) < 4.78 is 51.3. The van der Waals surface area contributed by atoms with Gasteiger partial charge in [-0.3, -0.25) is 9.08 Å². The number of rotatable bonds is 7. The summed E-state index contributed by atoms with van der Waals surface area (Å²) >= 11 is 5.23. The van der Waals surface area contributed by atoms with Crippen LogP contribution in [0.5, 0.6) is 0 Å². The van der Waals surface area contributed by atoms with Crippen molar-refractivity contribution in [3.05, 3.63) is 0 Å². The van der Waals surface area contributed by atoms with E-state index < -0.39 is 48.4 Å². The first-order valence-corrected chi connectivity index (χ1v) is 7.59. The summed E-state index contributed by atoms with van der Waals surface area (Å²) in [6.07, 6.45) is -2.08. The molecule has 0 spiro atoms. The lowest BCUT2D eigenvalue weighted by molar-refractivity contribution is -0.166. The number of ether oxygens (including phenoxy) is 1. The highest BCUT2D eigenvalue weighted by atomic mass is 35.5. The Morgan fingerprint density at radius 3 is 2.15 bits per heavy atom. The van der Waals surface area contributed by atoms with Gasteiger partial charge in [0.1, 0.15) is 12.7 Å². The first-order valence-electron chi connectivity index (χ1n) is 4.25. The Bertz CT molecular complexity index is 508. The van der Waals surface area contributed by atoms with Crippen molar-refractivity contribution >= 4 is 41.8 Å². The van der Waals surface area contributed by atoms with Crippen LogP contribution < -0.4 is 0 Å². The minimum absolute atomic E-state index is 1.17. The fourth-order valence-electron chi connectivity index (χ4n) is 0.728. The van der Waals surface area contributed by atoms with Gasteiger partial charge in [-0.2, -0.15) is 8.42 Å². The van der Waals surface area contributed by atoms with Crippen molar-refractivity contribution in [2.75, 3.05) is 6.61 Å². The summed E-state index contributed by atoms with van der Waals surface area (Å²) in [4.78, 5) is 37.8. The van der Waals surface area contributed by atoms with E-state index in [2.05, 4.69) is 13.4 Å². The fourth-order valence-corrected chi connectivity index (χ4v) is 2.08. The van der Waals surface area contributed by atoms with Crippen LogP contribution in [0.2, 0.25) is 0 Å². The SMILES string of the molecule is O=C(O)C(=O)OCC(OP(=O)(O)O)C(Cl)OS(=O)(=O)O. The molecule has 4 N–H and O–H groups in total. The molecule has 12 nitrogen and oxygen atoms in total. The largest absolute Gasteiger partial charge is 0.473 e. The summed E-state index contributed by atoms with van der Waals surface area (Å²) in [7, 11) is -10.3. The van der Waals surface area contributed by atoms with Gasteiger partial charge in [-0.25, -0.2) is 18.3 Å². The summed E-state index contributed by atoms with van der Waals surface area (Å²) in [5.74, 6) is -3.85. The van der Waals surface area contributed by atoms with E-state index in [9.17, 15) is 22.6 Å². The number of esters is 1. The van der Waals surface area contributed by atoms with Gasteiger partial charge in [0.25, 0.3) is 0 Å². The number of carbonyl (C=O) groups excluding carboxylic acids is 1. The standard InChI is InChI=1S/C5H8ClO12PS/c6-3(18-20(13,14)15)2(17-19(10,11)12)1-16-5(9)4(7)8/h2-3H,1H2,(H,7,8)(H2,10,11,12)(H,13,14,15). The lowest BCUT2D eigenvalue weighted by Gasteiger charge is -2.20. The molecule has 0 aromatic heterocycles. The number of carboxylic acid groups (broad SMARTS) is 1. The van der Waals surface area contributed by atoms with Crippen molar-refractivity contribution in [1.82, 2.24) is 0 Å². The average Bonchev–Trinajstić information content (AvgIpc) is 2.19. The van der Waals surface area contributed by atoms with Gasteiger partial charge in [0, 0.05) is 0 Å². The Hall–Kier alpha value is -0.790. The van der Waals surface area contributed by atoms with Gasteiger partial charge in [-0.05, 0) is 0 Å². The van der Waals surface area contributed by atoms with Gasteiger partial charge < -0.3 is 19.6 Å². The molecule has 0 aliphatic heterocycles. The second-order valence-corrected chi connectivity index (χ2v) is 5.58. The Kier molecular flexibility index (Phi) is 7.00. The number of halogens is 1. The zero-order valence-electron chi connectivity index (χ0n) is 9.15. The number of hydrogen-bond donors (Lipinski definition) is 4. The van der Waals surface area contributed by atoms with Gasteiger partial charge in [0.15, 0.2) is 5.56 Å². The monoisotopic (exact) mass is 358 g/mol. The predicted molar refractivity (Wildman–Crippen MR) is 57.8 cm³/mol. The molecule has 118 valence electrons. The van der Waals surface area contributed by atoms with Crippen LogP contribution in [0.4, 0.5) is 0 Å². The van der Waals surface area contributed by atoms with Crippen molar-refractivity contribution in [2.24, 2.45) is 0 Å². The fraction of sp³-hybridized carbons (Fsp3) is 0.600. The Morgan fingerprint density at radius 2 is 1.80 bits per heavy atom. The van der Waals surface area contributed by atoms with E-state index in [0.717, 1.165) is 0 Å². The molecular weight excluding hydrogens is 351 g/mol. The summed E-state index contributed by atoms with van der Waals surface area (Å²) in [5.41, 5.74) is -2.21. The molecular formula is C5H8ClO12PS. The highest BCUT2D eigenvalue weighted by Crippen LogP contribution is 2.39. The molecule has 0 rings (SSSR count). The molecule has 0 aromatic carbocycles. The van der Waals surface area contributed by atoms with Crippen LogP contribution in [0.15, 0.2) is 0 Å². The zero-order chi connectivity index (χ0) is 16.1. The van der Waals surface area contributed by atoms with E-state index >= 15 is 0 Å². The van der Waals surface area contributed by atoms with Gasteiger partial charge >= 0.3 is 30.2 Å². The van der Waals surface area contributed by atoms with Crippen molar-refractivity contribution in [3.8, 4) is 0 Å². The van der Waals surface area contributed by atoms with Crippen molar-refractivity contribution in [3.63, 3.8) is 0 Å². The molecule has 0 aromatic rings. The molecule has 2 unspecified atom stereocenters. The Balaban J connectivity index is 4.85. The number of aliphatic carboxylic acids is 1. The molecule has 20 heavy (non-hydrogen) atoms. The third kappa shape index (κ3) is 9.17. The molecule has 0 heterocycles. The van der Waals surface area contributed by atoms with E-state index in [0.29, 0.717) is 0 Å². The van der Waals surface area contributed by atoms with Crippen LogP contribution >= 0.6 is 19.4 Å². The van der Waals surface area contributed by atoms with E-state index in [1.54, 1.807) is 0 Å². The average molecular weight is 359 g/mol. The highest BCUT2D eigenvalue weighted by Gasteiger charge is 2.33. The van der Waals surface area contributed by atoms with Gasteiger partial charge in [-0.15, -0.1) is 0 Å². The lowest BCUT2D eigenvalue weighted by Crippen LogP contribution is -2.34. The van der Waals surface area contributed by atoms with Gasteiger partial charge in [0.2, 0.25) is 0 Å². The third-order valence-corrected chi connectivity index (χ3v) is 2.80. The van der Waals surface area contributed by atoms with E-state index in [4.69, 9.17) is 31.0 Å². The second-order valence-electron chi connectivity index (χ2n) is 2.91. The molecule has 0 fully saturated rings. The molecule has 0 saturated heterocycles. The van der Waals surface area contributed by atoms with Crippen LogP contribution in [-0.4, -0.2) is 58.1 Å². The molecule has 0 saturated carbocycles. The maximum Gasteiger partial charge on any atom is 0.470 e. The third-order valence-electron chi connectivity index (χ3n) is 1.33. The van der Waals surface area contributed by atoms with E-state index in [-0.39, 0.29) is 0 Å². The molecule has 0 aliphatic carbocycles. The van der Waals surface area contributed by atoms with Crippen LogP contribution in [-0.2, 0) is 38.0 Å². The summed E-state index contributed by atoms with van der Waals surface area (Å²) in [6, 6.07) is 0. The predicted octanol–water partition coefficient (Wildman–Crippen LogP) is -1.52. The normalized spacial score (nSPS) is 15.4. The molecule has 0 radical (unpaired) electrons. The first-order chi connectivity index (χ1) is 8.82. The minimum atomic E-state index is -5.20. The first kappa shape index (κ1) is 19.2. The molecule has 15 heteroatoms. The number of phosphoric acid groups is 1. The van der Waals surface area contributed by atoms with Gasteiger partial charge in [-0.1, -0.05) is 11.6 Å². The maximum absolute atomic E-state index is 10.6. The van der Waals surface area contributed by atoms with Crippen molar-refractivity contribution < 1.29 is 55.5 Å². The van der Waals surface area contributed by atoms with Crippen LogP contribution in [0.1, 0.15) is 0 Å². The van der Waals surface area contributed by atoms with E-state index in [1.165, 1.54) is 0 Å².